The van der Waals surface area contributed by atoms with Gasteiger partial charge < -0.3 is 24.6 Å². The van der Waals surface area contributed by atoms with Crippen LogP contribution in [0, 0.1) is 0 Å². The summed E-state index contributed by atoms with van der Waals surface area (Å²) in [7, 11) is -4.52. The Labute approximate surface area is 428 Å². The molecule has 3 atom stereocenters. The van der Waals surface area contributed by atoms with E-state index in [1.165, 1.54) is 276 Å². The third-order valence-corrected chi connectivity index (χ3v) is 15.0. The van der Waals surface area contributed by atoms with Gasteiger partial charge in [0.1, 0.15) is 12.2 Å². The lowest BCUT2D eigenvalue weighted by molar-refractivity contribution is -0.154. The van der Waals surface area contributed by atoms with E-state index in [-0.39, 0.29) is 25.6 Å². The van der Waals surface area contributed by atoms with Crippen LogP contribution in [-0.2, 0) is 27.9 Å². The summed E-state index contributed by atoms with van der Waals surface area (Å²) in [5, 5.41) is 18.4. The summed E-state index contributed by atoms with van der Waals surface area (Å²) < 4.78 is 33.6. The monoisotopic (exact) mass is 1000 g/mol. The zero-order valence-electron chi connectivity index (χ0n) is 46.1. The van der Waals surface area contributed by atoms with Crippen molar-refractivity contribution in [2.24, 2.45) is 0 Å². The van der Waals surface area contributed by atoms with Gasteiger partial charge in [0.15, 0.2) is 0 Å². The average Bonchev–Trinajstić information content (AvgIpc) is 3.34. The number of phosphoric ester groups is 1. The number of unbranched alkanes of at least 4 members (excludes halogenated alkanes) is 46. The van der Waals surface area contributed by atoms with Crippen LogP contribution in [0.15, 0.2) is 0 Å². The Morgan fingerprint density at radius 3 is 0.942 bits per heavy atom. The first kappa shape index (κ1) is 68.5. The predicted molar refractivity (Wildman–Crippen MR) is 293 cm³/mol. The van der Waals surface area contributed by atoms with Crippen LogP contribution >= 0.6 is 7.82 Å². The predicted octanol–water partition coefficient (Wildman–Crippen LogP) is 18.6. The summed E-state index contributed by atoms with van der Waals surface area (Å²) in [5.74, 6) is -0.371. The largest absolute Gasteiger partial charge is 0.472 e. The average molecular weight is 1000 g/mol. The fourth-order valence-corrected chi connectivity index (χ4v) is 10.2. The highest BCUT2D eigenvalue weighted by molar-refractivity contribution is 7.47. The number of hydrogen-bond donors (Lipinski definition) is 3. The maximum absolute atomic E-state index is 12.7. The van der Waals surface area contributed by atoms with Gasteiger partial charge in [-0.2, -0.15) is 0 Å². The standard InChI is InChI=1S/C59H119O9P/c1-3-5-7-9-11-13-15-17-19-20-21-22-23-24-25-26-27-28-29-30-31-32-33-34-35-36-37-38-39-41-43-45-47-49-51-59(62)68-58(56-67-69(63,64)66-54-57(61)53-60)55-65-52-50-48-46-44-42-40-18-16-14-12-10-8-6-4-2/h57-58,60-61H,3-56H2,1-2H3,(H,63,64)/t57-,58+/m0/s1. The minimum absolute atomic E-state index is 0.0587. The van der Waals surface area contributed by atoms with E-state index < -0.39 is 33.2 Å². The van der Waals surface area contributed by atoms with Crippen LogP contribution in [0.2, 0.25) is 0 Å². The molecule has 0 spiro atoms. The minimum atomic E-state index is -4.52. The van der Waals surface area contributed by atoms with Crippen LogP contribution in [-0.4, -0.2) is 66.3 Å². The second-order valence-electron chi connectivity index (χ2n) is 21.1. The molecule has 0 saturated carbocycles. The number of hydrogen-bond acceptors (Lipinski definition) is 8. The smallest absolute Gasteiger partial charge is 0.457 e. The van der Waals surface area contributed by atoms with Gasteiger partial charge in [-0.3, -0.25) is 13.8 Å². The van der Waals surface area contributed by atoms with E-state index in [9.17, 15) is 19.4 Å². The topological polar surface area (TPSA) is 132 Å². The molecule has 1 unspecified atom stereocenters. The molecule has 0 aromatic heterocycles. The molecule has 69 heavy (non-hydrogen) atoms. The van der Waals surface area contributed by atoms with Crippen LogP contribution in [0.4, 0.5) is 0 Å². The molecule has 10 heteroatoms. The molecule has 0 aliphatic heterocycles. The lowest BCUT2D eigenvalue weighted by Crippen LogP contribution is -2.29. The van der Waals surface area contributed by atoms with E-state index in [1.54, 1.807) is 0 Å². The summed E-state index contributed by atoms with van der Waals surface area (Å²) in [6, 6.07) is 0. The van der Waals surface area contributed by atoms with Crippen LogP contribution in [0.5, 0.6) is 0 Å². The first-order valence-electron chi connectivity index (χ1n) is 30.5. The van der Waals surface area contributed by atoms with Crippen LogP contribution in [0.1, 0.15) is 328 Å². The van der Waals surface area contributed by atoms with Crippen molar-refractivity contribution < 1.29 is 43.0 Å². The molecule has 9 nitrogen and oxygen atoms in total. The van der Waals surface area contributed by atoms with Crippen molar-refractivity contribution in [3.63, 3.8) is 0 Å². The Morgan fingerprint density at radius 1 is 0.391 bits per heavy atom. The molecule has 0 bridgehead atoms. The first-order chi connectivity index (χ1) is 33.8. The van der Waals surface area contributed by atoms with Crippen LogP contribution < -0.4 is 0 Å². The van der Waals surface area contributed by atoms with Crippen LogP contribution in [0.25, 0.3) is 0 Å². The van der Waals surface area contributed by atoms with Gasteiger partial charge in [0.2, 0.25) is 0 Å². The molecule has 0 rings (SSSR count). The summed E-state index contributed by atoms with van der Waals surface area (Å²) in [4.78, 5) is 22.7. The van der Waals surface area contributed by atoms with Crippen molar-refractivity contribution in [1.29, 1.82) is 0 Å². The first-order valence-corrected chi connectivity index (χ1v) is 32.0. The molecular weight excluding hydrogens is 884 g/mol. The number of esters is 1. The molecular formula is C59H119O9P. The lowest BCUT2D eigenvalue weighted by Gasteiger charge is -2.20. The molecule has 0 heterocycles. The van der Waals surface area contributed by atoms with Crippen molar-refractivity contribution in [3.8, 4) is 0 Å². The lowest BCUT2D eigenvalue weighted by atomic mass is 10.0. The van der Waals surface area contributed by atoms with E-state index in [4.69, 9.17) is 23.6 Å². The van der Waals surface area contributed by atoms with Gasteiger partial charge in [0, 0.05) is 13.0 Å². The number of carbonyl (C=O) groups excluding carboxylic acids is 1. The maximum atomic E-state index is 12.7. The van der Waals surface area contributed by atoms with E-state index in [0.717, 1.165) is 32.1 Å². The Balaban J connectivity index is 3.78. The van der Waals surface area contributed by atoms with E-state index in [1.807, 2.05) is 0 Å². The highest BCUT2D eigenvalue weighted by Crippen LogP contribution is 2.43. The zero-order chi connectivity index (χ0) is 50.2. The number of aliphatic hydroxyl groups excluding tert-OH is 2. The van der Waals surface area contributed by atoms with Gasteiger partial charge in [0.25, 0.3) is 0 Å². The minimum Gasteiger partial charge on any atom is -0.457 e. The summed E-state index contributed by atoms with van der Waals surface area (Å²) >= 11 is 0. The van der Waals surface area contributed by atoms with Crippen LogP contribution in [0.3, 0.4) is 0 Å². The Hall–Kier alpha value is -0.540. The fourth-order valence-electron chi connectivity index (χ4n) is 9.42. The fraction of sp³-hybridized carbons (Fsp3) is 0.983. The summed E-state index contributed by atoms with van der Waals surface area (Å²) in [5.41, 5.74) is 0. The molecule has 0 aliphatic carbocycles. The number of ether oxygens (including phenoxy) is 2. The van der Waals surface area contributed by atoms with Gasteiger partial charge in [-0.25, -0.2) is 4.57 Å². The molecule has 0 radical (unpaired) electrons. The molecule has 3 N–H and O–H groups in total. The van der Waals surface area contributed by atoms with Crippen molar-refractivity contribution in [1.82, 2.24) is 0 Å². The van der Waals surface area contributed by atoms with Gasteiger partial charge in [-0.05, 0) is 12.8 Å². The number of aliphatic hydroxyl groups is 2. The van der Waals surface area contributed by atoms with E-state index in [0.29, 0.717) is 6.61 Å². The highest BCUT2D eigenvalue weighted by Gasteiger charge is 2.26. The quantitative estimate of drug-likeness (QED) is 0.0310. The molecule has 414 valence electrons. The van der Waals surface area contributed by atoms with Gasteiger partial charge in [0.05, 0.1) is 26.4 Å². The SMILES string of the molecule is CCCCCCCCCCCCCCCCCCCCCCCCCCCCCCCCCCCCC(=O)O[C@H](COCCCCCCCCCCCCCCCC)COP(=O)(O)OC[C@@H](O)CO. The summed E-state index contributed by atoms with van der Waals surface area (Å²) in [6.07, 6.45) is 62.6. The third kappa shape index (κ3) is 56.6. The van der Waals surface area contributed by atoms with Gasteiger partial charge >= 0.3 is 13.8 Å². The molecule has 0 aromatic rings. The molecule has 0 aliphatic rings. The van der Waals surface area contributed by atoms with E-state index >= 15 is 0 Å². The molecule has 0 fully saturated rings. The van der Waals surface area contributed by atoms with Crippen molar-refractivity contribution in [3.05, 3.63) is 0 Å². The Morgan fingerprint density at radius 2 is 0.652 bits per heavy atom. The second kappa shape index (κ2) is 56.8. The Kier molecular flexibility index (Phi) is 56.3. The summed E-state index contributed by atoms with van der Waals surface area (Å²) in [6.45, 7) is 3.61. The molecule has 0 aromatic carbocycles. The zero-order valence-corrected chi connectivity index (χ0v) is 47.0. The third-order valence-electron chi connectivity index (χ3n) is 14.0. The van der Waals surface area contributed by atoms with E-state index in [2.05, 4.69) is 13.8 Å². The number of carbonyl (C=O) groups is 1. The van der Waals surface area contributed by atoms with Crippen molar-refractivity contribution >= 4 is 13.8 Å². The Bertz CT molecular complexity index is 1050. The van der Waals surface area contributed by atoms with Crippen molar-refractivity contribution in [2.45, 2.75) is 341 Å². The normalized spacial score (nSPS) is 13.5. The molecule has 0 saturated heterocycles. The van der Waals surface area contributed by atoms with Gasteiger partial charge in [-0.1, -0.05) is 309 Å². The van der Waals surface area contributed by atoms with Crippen molar-refractivity contribution in [2.75, 3.05) is 33.0 Å². The maximum Gasteiger partial charge on any atom is 0.472 e. The number of rotatable bonds is 60. The molecule has 0 amide bonds. The highest BCUT2D eigenvalue weighted by atomic mass is 31.2. The number of phosphoric acid groups is 1. The van der Waals surface area contributed by atoms with Gasteiger partial charge in [-0.15, -0.1) is 0 Å². The second-order valence-corrected chi connectivity index (χ2v) is 22.6.